The van der Waals surface area contributed by atoms with Crippen LogP contribution in [-0.2, 0) is 9.47 Å². The minimum absolute atomic E-state index is 0.291. The summed E-state index contributed by atoms with van der Waals surface area (Å²) in [6.07, 6.45) is 0.0373. The molecule has 5 nitrogen and oxygen atoms in total. The van der Waals surface area contributed by atoms with Crippen LogP contribution in [0.5, 0.6) is 5.75 Å². The number of hydrogen-bond donors (Lipinski definition) is 0. The van der Waals surface area contributed by atoms with Gasteiger partial charge in [-0.3, -0.25) is 0 Å². The molecule has 0 spiro atoms. The first-order valence-electron chi connectivity index (χ1n) is 5.93. The second kappa shape index (κ2) is 8.93. The monoisotopic (exact) mass is 260 g/mol. The summed E-state index contributed by atoms with van der Waals surface area (Å²) in [5.41, 5.74) is 0.830. The van der Waals surface area contributed by atoms with Crippen molar-refractivity contribution < 1.29 is 14.2 Å². The van der Waals surface area contributed by atoms with Crippen LogP contribution in [0.2, 0.25) is 0 Å². The Hall–Kier alpha value is -2.08. The van der Waals surface area contributed by atoms with Crippen molar-refractivity contribution in [2.75, 3.05) is 20.3 Å². The van der Waals surface area contributed by atoms with Crippen LogP contribution in [0.25, 0.3) is 0 Å². The topological polar surface area (TPSA) is 75.3 Å². The number of benzene rings is 1. The van der Waals surface area contributed by atoms with Gasteiger partial charge in [0.25, 0.3) is 0 Å². The van der Waals surface area contributed by atoms with Crippen LogP contribution in [0.4, 0.5) is 0 Å². The molecule has 0 aliphatic heterocycles. The normalized spacial score (nSPS) is 9.89. The van der Waals surface area contributed by atoms with Crippen molar-refractivity contribution in [2.45, 2.75) is 19.1 Å². The molecular weight excluding hydrogens is 244 g/mol. The number of ether oxygens (including phenoxy) is 3. The summed E-state index contributed by atoms with van der Waals surface area (Å²) in [5, 5.41) is 17.0. The lowest BCUT2D eigenvalue weighted by molar-refractivity contribution is -0.144. The van der Waals surface area contributed by atoms with E-state index in [9.17, 15) is 0 Å². The average molecular weight is 260 g/mol. The van der Waals surface area contributed by atoms with Gasteiger partial charge in [-0.05, 0) is 12.1 Å². The first-order valence-corrected chi connectivity index (χ1v) is 5.93. The molecule has 1 aromatic carbocycles. The number of hydrogen-bond acceptors (Lipinski definition) is 5. The van der Waals surface area contributed by atoms with Crippen LogP contribution < -0.4 is 4.74 Å². The third-order valence-corrected chi connectivity index (χ3v) is 2.35. The van der Waals surface area contributed by atoms with E-state index >= 15 is 0 Å². The lowest BCUT2D eigenvalue weighted by Gasteiger charge is -2.18. The van der Waals surface area contributed by atoms with Gasteiger partial charge in [0.2, 0.25) is 0 Å². The molecule has 0 amide bonds. The van der Waals surface area contributed by atoms with Crippen LogP contribution in [0.1, 0.15) is 24.7 Å². The Labute approximate surface area is 112 Å². The number of nitrogens with zero attached hydrogens (tertiary/aromatic N) is 2. The van der Waals surface area contributed by atoms with E-state index < -0.39 is 6.29 Å². The minimum atomic E-state index is -0.562. The lowest BCUT2D eigenvalue weighted by atomic mass is 10.2. The quantitative estimate of drug-likeness (QED) is 0.530. The first-order chi connectivity index (χ1) is 9.31. The van der Waals surface area contributed by atoms with E-state index in [2.05, 4.69) is 0 Å². The average Bonchev–Trinajstić information content (AvgIpc) is 2.46. The van der Waals surface area contributed by atoms with Crippen molar-refractivity contribution in [1.82, 2.24) is 0 Å². The molecule has 1 rings (SSSR count). The third kappa shape index (κ3) is 5.39. The summed E-state index contributed by atoms with van der Waals surface area (Å²) in [7, 11) is 1.60. The molecule has 19 heavy (non-hydrogen) atoms. The zero-order chi connectivity index (χ0) is 13.9. The van der Waals surface area contributed by atoms with Crippen molar-refractivity contribution in [2.24, 2.45) is 0 Å². The Kier molecular flexibility index (Phi) is 7.04. The standard InChI is InChI=1S/C14H16N2O3/c1-17-13-6-4-12(5-7-13)14(18-10-2-8-15)19-11-3-9-16/h4-7,14H,2-3,10-11H2,1H3. The van der Waals surface area contributed by atoms with Gasteiger partial charge in [0.15, 0.2) is 6.29 Å². The van der Waals surface area contributed by atoms with Gasteiger partial charge in [0.1, 0.15) is 5.75 Å². The fourth-order valence-corrected chi connectivity index (χ4v) is 1.42. The minimum Gasteiger partial charge on any atom is -0.497 e. The van der Waals surface area contributed by atoms with E-state index in [0.717, 1.165) is 11.3 Å². The molecule has 0 atom stereocenters. The predicted molar refractivity (Wildman–Crippen MR) is 68.1 cm³/mol. The van der Waals surface area contributed by atoms with Gasteiger partial charge >= 0.3 is 0 Å². The zero-order valence-corrected chi connectivity index (χ0v) is 10.8. The summed E-state index contributed by atoms with van der Waals surface area (Å²) in [5.74, 6) is 0.747. The highest BCUT2D eigenvalue weighted by molar-refractivity contribution is 5.27. The second-order valence-electron chi connectivity index (χ2n) is 3.66. The van der Waals surface area contributed by atoms with Crippen LogP contribution >= 0.6 is 0 Å². The molecule has 0 N–H and O–H groups in total. The first kappa shape index (κ1) is 15.0. The number of methoxy groups -OCH3 is 1. The predicted octanol–water partition coefficient (Wildman–Crippen LogP) is 2.55. The highest BCUT2D eigenvalue weighted by Crippen LogP contribution is 2.22. The Balaban J connectivity index is 2.64. The van der Waals surface area contributed by atoms with E-state index in [0.29, 0.717) is 26.1 Å². The Bertz CT molecular complexity index is 425. The summed E-state index contributed by atoms with van der Waals surface area (Å²) >= 11 is 0. The molecule has 0 heterocycles. The van der Waals surface area contributed by atoms with Crippen LogP contribution in [-0.4, -0.2) is 20.3 Å². The van der Waals surface area contributed by atoms with Crippen molar-refractivity contribution in [3.63, 3.8) is 0 Å². The smallest absolute Gasteiger partial charge is 0.183 e. The van der Waals surface area contributed by atoms with E-state index in [-0.39, 0.29) is 0 Å². The largest absolute Gasteiger partial charge is 0.497 e. The Morgan fingerprint density at radius 1 is 1.00 bits per heavy atom. The molecule has 0 aliphatic carbocycles. The van der Waals surface area contributed by atoms with E-state index in [1.165, 1.54) is 0 Å². The summed E-state index contributed by atoms with van der Waals surface area (Å²) in [6, 6.07) is 11.3. The zero-order valence-electron chi connectivity index (χ0n) is 10.8. The lowest BCUT2D eigenvalue weighted by Crippen LogP contribution is -2.10. The highest BCUT2D eigenvalue weighted by atomic mass is 16.7. The molecule has 5 heteroatoms. The number of nitriles is 2. The van der Waals surface area contributed by atoms with Crippen molar-refractivity contribution >= 4 is 0 Å². The summed E-state index contributed by atoms with van der Waals surface area (Å²) in [4.78, 5) is 0. The van der Waals surface area contributed by atoms with Crippen LogP contribution in [0.15, 0.2) is 24.3 Å². The molecule has 0 radical (unpaired) electrons. The molecule has 0 fully saturated rings. The summed E-state index contributed by atoms with van der Waals surface area (Å²) in [6.45, 7) is 0.583. The van der Waals surface area contributed by atoms with Gasteiger partial charge in [-0.1, -0.05) is 12.1 Å². The van der Waals surface area contributed by atoms with Crippen LogP contribution in [0, 0.1) is 22.7 Å². The Morgan fingerprint density at radius 3 is 1.95 bits per heavy atom. The molecule has 0 bridgehead atoms. The van der Waals surface area contributed by atoms with Crippen molar-refractivity contribution in [3.8, 4) is 17.9 Å². The maximum Gasteiger partial charge on any atom is 0.183 e. The van der Waals surface area contributed by atoms with Gasteiger partial charge in [-0.2, -0.15) is 10.5 Å². The van der Waals surface area contributed by atoms with E-state index in [4.69, 9.17) is 24.7 Å². The molecule has 0 unspecified atom stereocenters. The molecule has 1 aromatic rings. The van der Waals surface area contributed by atoms with E-state index in [1.54, 1.807) is 7.11 Å². The molecule has 0 saturated carbocycles. The molecule has 0 saturated heterocycles. The van der Waals surface area contributed by atoms with Gasteiger partial charge in [-0.25, -0.2) is 0 Å². The van der Waals surface area contributed by atoms with Crippen LogP contribution in [0.3, 0.4) is 0 Å². The fourth-order valence-electron chi connectivity index (χ4n) is 1.42. The molecular formula is C14H16N2O3. The maximum atomic E-state index is 8.50. The number of rotatable bonds is 8. The maximum absolute atomic E-state index is 8.50. The third-order valence-electron chi connectivity index (χ3n) is 2.35. The fraction of sp³-hybridized carbons (Fsp3) is 0.429. The highest BCUT2D eigenvalue weighted by Gasteiger charge is 2.12. The molecule has 0 aromatic heterocycles. The van der Waals surface area contributed by atoms with E-state index in [1.807, 2.05) is 36.4 Å². The van der Waals surface area contributed by atoms with Gasteiger partial charge in [0, 0.05) is 5.56 Å². The summed E-state index contributed by atoms with van der Waals surface area (Å²) < 4.78 is 16.1. The Morgan fingerprint density at radius 2 is 1.53 bits per heavy atom. The van der Waals surface area contributed by atoms with Gasteiger partial charge < -0.3 is 14.2 Å². The second-order valence-corrected chi connectivity index (χ2v) is 3.66. The SMILES string of the molecule is COc1ccc(C(OCCC#N)OCCC#N)cc1. The van der Waals surface area contributed by atoms with Gasteiger partial charge in [-0.15, -0.1) is 0 Å². The van der Waals surface area contributed by atoms with Crippen molar-refractivity contribution in [3.05, 3.63) is 29.8 Å². The molecule has 0 aliphatic rings. The van der Waals surface area contributed by atoms with Gasteiger partial charge in [0.05, 0.1) is 45.3 Å². The molecule has 100 valence electrons. The van der Waals surface area contributed by atoms with Crippen molar-refractivity contribution in [1.29, 1.82) is 10.5 Å².